The highest BCUT2D eigenvalue weighted by atomic mass is 35.5. The van der Waals surface area contributed by atoms with E-state index in [2.05, 4.69) is 5.32 Å². The molecule has 0 spiro atoms. The zero-order valence-electron chi connectivity index (χ0n) is 14.3. The SMILES string of the molecule is COc1ccc(NC(=O)C(C)OC(=O)c2c(F)cccc2Cl)cc1OC. The molecule has 1 atom stereocenters. The Morgan fingerprint density at radius 2 is 1.81 bits per heavy atom. The van der Waals surface area contributed by atoms with Crippen molar-refractivity contribution >= 4 is 29.2 Å². The lowest BCUT2D eigenvalue weighted by Gasteiger charge is -2.15. The van der Waals surface area contributed by atoms with Crippen molar-refractivity contribution in [1.82, 2.24) is 0 Å². The average molecular weight is 382 g/mol. The number of anilines is 1. The Bertz CT molecular complexity index is 807. The van der Waals surface area contributed by atoms with E-state index in [1.54, 1.807) is 18.2 Å². The molecule has 26 heavy (non-hydrogen) atoms. The van der Waals surface area contributed by atoms with Gasteiger partial charge in [-0.25, -0.2) is 9.18 Å². The number of amides is 1. The summed E-state index contributed by atoms with van der Waals surface area (Å²) in [6.07, 6.45) is -1.17. The largest absolute Gasteiger partial charge is 0.493 e. The van der Waals surface area contributed by atoms with Crippen molar-refractivity contribution in [2.24, 2.45) is 0 Å². The van der Waals surface area contributed by atoms with Crippen LogP contribution in [0.1, 0.15) is 17.3 Å². The molecule has 0 aliphatic carbocycles. The number of nitrogens with one attached hydrogen (secondary N) is 1. The smallest absolute Gasteiger partial charge is 0.343 e. The van der Waals surface area contributed by atoms with Gasteiger partial charge in [0.05, 0.1) is 19.2 Å². The molecule has 0 aliphatic heterocycles. The fourth-order valence-electron chi connectivity index (χ4n) is 2.12. The molecule has 8 heteroatoms. The maximum absolute atomic E-state index is 13.7. The van der Waals surface area contributed by atoms with Crippen molar-refractivity contribution in [1.29, 1.82) is 0 Å². The molecule has 2 aromatic carbocycles. The number of carbonyl (C=O) groups is 2. The molecule has 6 nitrogen and oxygen atoms in total. The van der Waals surface area contributed by atoms with Crippen molar-refractivity contribution in [3.05, 3.63) is 52.8 Å². The highest BCUT2D eigenvalue weighted by Gasteiger charge is 2.23. The van der Waals surface area contributed by atoms with Gasteiger partial charge in [-0.05, 0) is 31.2 Å². The average Bonchev–Trinajstić information content (AvgIpc) is 2.61. The normalized spacial score (nSPS) is 11.4. The Balaban J connectivity index is 2.07. The molecule has 0 fully saturated rings. The van der Waals surface area contributed by atoms with Crippen LogP contribution in [0.2, 0.25) is 5.02 Å². The van der Waals surface area contributed by atoms with Gasteiger partial charge in [-0.15, -0.1) is 0 Å². The van der Waals surface area contributed by atoms with E-state index in [-0.39, 0.29) is 5.02 Å². The minimum absolute atomic E-state index is 0.0949. The number of hydrogen-bond acceptors (Lipinski definition) is 5. The highest BCUT2D eigenvalue weighted by Crippen LogP contribution is 2.29. The maximum atomic E-state index is 13.7. The van der Waals surface area contributed by atoms with Crippen LogP contribution in [0.4, 0.5) is 10.1 Å². The fourth-order valence-corrected chi connectivity index (χ4v) is 2.36. The number of carbonyl (C=O) groups excluding carboxylic acids is 2. The third-order valence-electron chi connectivity index (χ3n) is 3.47. The molecule has 1 N–H and O–H groups in total. The molecule has 1 amide bonds. The Labute approximate surface area is 154 Å². The Hall–Kier alpha value is -2.80. The Kier molecular flexibility index (Phi) is 6.41. The molecule has 1 unspecified atom stereocenters. The van der Waals surface area contributed by atoms with Crippen LogP contribution in [0.3, 0.4) is 0 Å². The van der Waals surface area contributed by atoms with Crippen LogP contribution >= 0.6 is 11.6 Å². The van der Waals surface area contributed by atoms with Gasteiger partial charge in [0.1, 0.15) is 11.4 Å². The van der Waals surface area contributed by atoms with Crippen LogP contribution in [-0.4, -0.2) is 32.2 Å². The van der Waals surface area contributed by atoms with E-state index < -0.39 is 29.4 Å². The third kappa shape index (κ3) is 4.43. The first-order chi connectivity index (χ1) is 12.4. The van der Waals surface area contributed by atoms with Crippen LogP contribution in [0, 0.1) is 5.82 Å². The predicted molar refractivity (Wildman–Crippen MR) is 94.5 cm³/mol. The lowest BCUT2D eigenvalue weighted by molar-refractivity contribution is -0.123. The van der Waals surface area contributed by atoms with E-state index in [9.17, 15) is 14.0 Å². The zero-order valence-corrected chi connectivity index (χ0v) is 15.1. The Morgan fingerprint density at radius 3 is 2.42 bits per heavy atom. The van der Waals surface area contributed by atoms with Gasteiger partial charge in [0.25, 0.3) is 5.91 Å². The first kappa shape index (κ1) is 19.5. The van der Waals surface area contributed by atoms with Gasteiger partial charge in [0.2, 0.25) is 0 Å². The van der Waals surface area contributed by atoms with Gasteiger partial charge in [-0.3, -0.25) is 4.79 Å². The lowest BCUT2D eigenvalue weighted by atomic mass is 10.2. The summed E-state index contributed by atoms with van der Waals surface area (Å²) in [7, 11) is 2.96. The van der Waals surface area contributed by atoms with Crippen LogP contribution < -0.4 is 14.8 Å². The second-order valence-corrected chi connectivity index (χ2v) is 5.61. The van der Waals surface area contributed by atoms with E-state index in [0.717, 1.165) is 6.07 Å². The Morgan fingerprint density at radius 1 is 1.12 bits per heavy atom. The van der Waals surface area contributed by atoms with Crippen molar-refractivity contribution < 1.29 is 28.2 Å². The molecular formula is C18H17ClFNO5. The van der Waals surface area contributed by atoms with Gasteiger partial charge >= 0.3 is 5.97 Å². The van der Waals surface area contributed by atoms with Gasteiger partial charge in [0, 0.05) is 11.8 Å². The summed E-state index contributed by atoms with van der Waals surface area (Å²) in [5.74, 6) is -1.52. The van der Waals surface area contributed by atoms with Gasteiger partial charge in [-0.2, -0.15) is 0 Å². The number of methoxy groups -OCH3 is 2. The molecule has 0 radical (unpaired) electrons. The van der Waals surface area contributed by atoms with Crippen LogP contribution in [0.25, 0.3) is 0 Å². The molecular weight excluding hydrogens is 365 g/mol. The van der Waals surface area contributed by atoms with E-state index in [1.807, 2.05) is 0 Å². The molecule has 138 valence electrons. The number of esters is 1. The summed E-state index contributed by atoms with van der Waals surface area (Å²) in [5, 5.41) is 2.48. The third-order valence-corrected chi connectivity index (χ3v) is 3.79. The van der Waals surface area contributed by atoms with Crippen molar-refractivity contribution in [3.8, 4) is 11.5 Å². The molecule has 0 heterocycles. The second kappa shape index (κ2) is 8.53. The summed E-state index contributed by atoms with van der Waals surface area (Å²) < 4.78 is 29.0. The standard InChI is InChI=1S/C18H17ClFNO5/c1-10(26-18(23)16-12(19)5-4-6-13(16)20)17(22)21-11-7-8-14(24-2)15(9-11)25-3/h4-10H,1-3H3,(H,21,22). The lowest BCUT2D eigenvalue weighted by Crippen LogP contribution is -2.30. The summed E-state index contributed by atoms with van der Waals surface area (Å²) in [6.45, 7) is 1.36. The number of hydrogen-bond donors (Lipinski definition) is 1. The molecule has 0 saturated carbocycles. The summed E-state index contributed by atoms with van der Waals surface area (Å²) in [6, 6.07) is 8.57. The molecule has 0 saturated heterocycles. The van der Waals surface area contributed by atoms with Crippen LogP contribution in [-0.2, 0) is 9.53 Å². The predicted octanol–water partition coefficient (Wildman–Crippen LogP) is 3.68. The minimum atomic E-state index is -1.17. The summed E-state index contributed by atoms with van der Waals surface area (Å²) >= 11 is 5.81. The number of rotatable bonds is 6. The van der Waals surface area contributed by atoms with Crippen LogP contribution in [0.15, 0.2) is 36.4 Å². The van der Waals surface area contributed by atoms with Gasteiger partial charge in [0.15, 0.2) is 17.6 Å². The topological polar surface area (TPSA) is 73.9 Å². The number of halogens is 2. The van der Waals surface area contributed by atoms with Crippen molar-refractivity contribution in [2.45, 2.75) is 13.0 Å². The second-order valence-electron chi connectivity index (χ2n) is 5.20. The molecule has 0 aromatic heterocycles. The first-order valence-corrected chi connectivity index (χ1v) is 7.93. The maximum Gasteiger partial charge on any atom is 0.343 e. The van der Waals surface area contributed by atoms with E-state index >= 15 is 0 Å². The van der Waals surface area contributed by atoms with Gasteiger partial charge in [-0.1, -0.05) is 17.7 Å². The van der Waals surface area contributed by atoms with Gasteiger partial charge < -0.3 is 19.5 Å². The molecule has 0 bridgehead atoms. The zero-order chi connectivity index (χ0) is 19.3. The quantitative estimate of drug-likeness (QED) is 0.773. The van der Waals surface area contributed by atoms with E-state index in [1.165, 1.54) is 33.3 Å². The summed E-state index contributed by atoms with van der Waals surface area (Å²) in [5.41, 5.74) is -0.000550. The number of benzene rings is 2. The van der Waals surface area contributed by atoms with Crippen molar-refractivity contribution in [2.75, 3.05) is 19.5 Å². The molecule has 2 aromatic rings. The molecule has 2 rings (SSSR count). The summed E-state index contributed by atoms with van der Waals surface area (Å²) in [4.78, 5) is 24.3. The fraction of sp³-hybridized carbons (Fsp3) is 0.222. The minimum Gasteiger partial charge on any atom is -0.493 e. The monoisotopic (exact) mass is 381 g/mol. The number of ether oxygens (including phenoxy) is 3. The highest BCUT2D eigenvalue weighted by molar-refractivity contribution is 6.33. The first-order valence-electron chi connectivity index (χ1n) is 7.55. The van der Waals surface area contributed by atoms with E-state index in [0.29, 0.717) is 17.2 Å². The van der Waals surface area contributed by atoms with Crippen LogP contribution in [0.5, 0.6) is 11.5 Å². The van der Waals surface area contributed by atoms with E-state index in [4.69, 9.17) is 25.8 Å². The molecule has 0 aliphatic rings. The van der Waals surface area contributed by atoms with Crippen molar-refractivity contribution in [3.63, 3.8) is 0 Å².